The lowest BCUT2D eigenvalue weighted by Crippen LogP contribution is -2.12. The molecule has 0 N–H and O–H groups in total. The molecule has 0 atom stereocenters. The van der Waals surface area contributed by atoms with Crippen LogP contribution in [-0.2, 0) is 5.41 Å². The Morgan fingerprint density at radius 3 is 2.55 bits per heavy atom. The van der Waals surface area contributed by atoms with Gasteiger partial charge in [0, 0.05) is 32.1 Å². The maximum atomic E-state index is 6.44. The molecule has 3 heterocycles. The largest absolute Gasteiger partial charge is 0.454 e. The maximum absolute atomic E-state index is 6.44. The van der Waals surface area contributed by atoms with Crippen molar-refractivity contribution in [3.05, 3.63) is 77.3 Å². The van der Waals surface area contributed by atoms with Gasteiger partial charge in [-0.05, 0) is 70.5 Å². The lowest BCUT2D eigenvalue weighted by Gasteiger charge is -2.22. The van der Waals surface area contributed by atoms with Gasteiger partial charge in [0.25, 0.3) is 0 Å². The van der Waals surface area contributed by atoms with Gasteiger partial charge < -0.3 is 4.42 Å². The molecule has 0 saturated heterocycles. The topological polar surface area (TPSA) is 26.0 Å². The van der Waals surface area contributed by atoms with Gasteiger partial charge in [-0.25, -0.2) is 0 Å². The number of fused-ring (bicyclic) bond motifs is 6. The summed E-state index contributed by atoms with van der Waals surface area (Å²) in [6, 6.07) is 21.7. The molecule has 3 aromatic heterocycles. The second-order valence-electron chi connectivity index (χ2n) is 9.35. The van der Waals surface area contributed by atoms with E-state index >= 15 is 0 Å². The molecule has 0 bridgehead atoms. The second-order valence-corrected chi connectivity index (χ2v) is 10.6. The summed E-state index contributed by atoms with van der Waals surface area (Å²) < 4.78 is 7.73. The van der Waals surface area contributed by atoms with Gasteiger partial charge in [-0.2, -0.15) is 0 Å². The third-order valence-electron chi connectivity index (χ3n) is 6.10. The zero-order valence-corrected chi connectivity index (χ0v) is 18.9. The van der Waals surface area contributed by atoms with E-state index < -0.39 is 0 Å². The van der Waals surface area contributed by atoms with Crippen LogP contribution in [0.15, 0.2) is 71.3 Å². The Morgan fingerprint density at radius 2 is 1.71 bits per heavy atom. The van der Waals surface area contributed by atoms with Crippen molar-refractivity contribution in [2.75, 3.05) is 0 Å². The Hall–Kier alpha value is -3.17. The van der Waals surface area contributed by atoms with Crippen molar-refractivity contribution in [1.29, 1.82) is 0 Å². The van der Waals surface area contributed by atoms with E-state index in [-0.39, 0.29) is 5.41 Å². The zero-order valence-electron chi connectivity index (χ0n) is 18.1. The van der Waals surface area contributed by atoms with E-state index in [2.05, 4.69) is 88.4 Å². The first-order valence-corrected chi connectivity index (χ1v) is 11.5. The highest BCUT2D eigenvalue weighted by Gasteiger charge is 2.21. The van der Waals surface area contributed by atoms with Gasteiger partial charge in [-0.3, -0.25) is 4.98 Å². The molecule has 3 heteroatoms. The van der Waals surface area contributed by atoms with Crippen LogP contribution in [0, 0.1) is 6.92 Å². The van der Waals surface area contributed by atoms with E-state index in [9.17, 15) is 0 Å². The first kappa shape index (κ1) is 18.6. The molecule has 31 heavy (non-hydrogen) atoms. The van der Waals surface area contributed by atoms with E-state index in [1.165, 1.54) is 36.7 Å². The van der Waals surface area contributed by atoms with Crippen LogP contribution in [0.2, 0.25) is 0 Å². The molecule has 0 aliphatic carbocycles. The molecular formula is C28H23NOS. The molecule has 6 rings (SSSR count). The summed E-state index contributed by atoms with van der Waals surface area (Å²) >= 11 is 1.83. The molecule has 0 saturated carbocycles. The van der Waals surface area contributed by atoms with Gasteiger partial charge in [0.15, 0.2) is 5.58 Å². The number of rotatable bonds is 1. The van der Waals surface area contributed by atoms with Crippen LogP contribution < -0.4 is 0 Å². The first-order valence-electron chi connectivity index (χ1n) is 10.6. The molecular weight excluding hydrogens is 398 g/mol. The van der Waals surface area contributed by atoms with Crippen LogP contribution >= 0.6 is 11.3 Å². The van der Waals surface area contributed by atoms with E-state index in [4.69, 9.17) is 9.40 Å². The van der Waals surface area contributed by atoms with Crippen molar-refractivity contribution in [2.24, 2.45) is 0 Å². The average Bonchev–Trinajstić information content (AvgIpc) is 3.31. The number of aromatic nitrogens is 1. The fraction of sp³-hybridized carbons (Fsp3) is 0.179. The summed E-state index contributed by atoms with van der Waals surface area (Å²) in [4.78, 5) is 6.11. The normalized spacial score (nSPS) is 12.5. The fourth-order valence-corrected chi connectivity index (χ4v) is 5.75. The minimum Gasteiger partial charge on any atom is -0.454 e. The van der Waals surface area contributed by atoms with Crippen molar-refractivity contribution >= 4 is 54.1 Å². The third kappa shape index (κ3) is 2.80. The second kappa shape index (κ2) is 6.41. The van der Waals surface area contributed by atoms with Gasteiger partial charge in [0.1, 0.15) is 11.3 Å². The number of nitrogens with zero attached hydrogens (tertiary/aromatic N) is 1. The van der Waals surface area contributed by atoms with E-state index in [1.807, 2.05) is 17.5 Å². The van der Waals surface area contributed by atoms with Crippen LogP contribution in [0.1, 0.15) is 31.2 Å². The quantitative estimate of drug-likeness (QED) is 0.265. The zero-order chi connectivity index (χ0) is 21.3. The highest BCUT2D eigenvalue weighted by atomic mass is 32.1. The van der Waals surface area contributed by atoms with Crippen LogP contribution in [0.25, 0.3) is 54.1 Å². The molecule has 3 aromatic carbocycles. The molecule has 0 unspecified atom stereocenters. The van der Waals surface area contributed by atoms with Crippen molar-refractivity contribution in [2.45, 2.75) is 33.1 Å². The van der Waals surface area contributed by atoms with Crippen LogP contribution in [0.5, 0.6) is 0 Å². The van der Waals surface area contributed by atoms with Crippen LogP contribution in [0.4, 0.5) is 0 Å². The smallest absolute Gasteiger partial charge is 0.161 e. The van der Waals surface area contributed by atoms with E-state index in [0.29, 0.717) is 0 Å². The standard InChI is InChI=1S/C28H23NOS/c1-16-13-18-9-10-23-24(27(18)31-16)21-11-12-29-25(26(21)30-23)19-14-17-7-5-6-8-20(17)22(15-19)28(2,3)4/h5-15H,1-4H3. The van der Waals surface area contributed by atoms with Crippen molar-refractivity contribution in [3.63, 3.8) is 0 Å². The molecule has 0 radical (unpaired) electrons. The summed E-state index contributed by atoms with van der Waals surface area (Å²) in [7, 11) is 0. The number of furan rings is 1. The Balaban J connectivity index is 1.71. The van der Waals surface area contributed by atoms with E-state index in [0.717, 1.165) is 27.8 Å². The molecule has 0 amide bonds. The van der Waals surface area contributed by atoms with Crippen molar-refractivity contribution in [1.82, 2.24) is 4.98 Å². The molecule has 0 aliphatic heterocycles. The predicted molar refractivity (Wildman–Crippen MR) is 133 cm³/mol. The molecule has 0 spiro atoms. The van der Waals surface area contributed by atoms with Crippen molar-refractivity contribution in [3.8, 4) is 11.3 Å². The lowest BCUT2D eigenvalue weighted by molar-refractivity contribution is 0.596. The Bertz CT molecular complexity index is 1630. The van der Waals surface area contributed by atoms with E-state index in [1.54, 1.807) is 0 Å². The monoisotopic (exact) mass is 421 g/mol. The molecule has 0 fully saturated rings. The third-order valence-corrected chi connectivity index (χ3v) is 7.18. The van der Waals surface area contributed by atoms with Crippen LogP contribution in [0.3, 0.4) is 0 Å². The summed E-state index contributed by atoms with van der Waals surface area (Å²) in [6.45, 7) is 8.96. The summed E-state index contributed by atoms with van der Waals surface area (Å²) in [5.74, 6) is 0. The number of aryl methyl sites for hydroxylation is 1. The fourth-order valence-electron chi connectivity index (χ4n) is 4.69. The average molecular weight is 422 g/mol. The maximum Gasteiger partial charge on any atom is 0.161 e. The van der Waals surface area contributed by atoms with Crippen molar-refractivity contribution < 1.29 is 4.42 Å². The molecule has 6 aromatic rings. The van der Waals surface area contributed by atoms with Gasteiger partial charge in [0.05, 0.1) is 0 Å². The number of pyridine rings is 1. The minimum absolute atomic E-state index is 0.0258. The lowest BCUT2D eigenvalue weighted by atomic mass is 9.82. The number of hydrogen-bond acceptors (Lipinski definition) is 3. The highest BCUT2D eigenvalue weighted by molar-refractivity contribution is 7.20. The van der Waals surface area contributed by atoms with Gasteiger partial charge in [-0.1, -0.05) is 45.0 Å². The predicted octanol–water partition coefficient (Wildman–Crippen LogP) is 8.62. The molecule has 0 aliphatic rings. The summed E-state index contributed by atoms with van der Waals surface area (Å²) in [5.41, 5.74) is 5.16. The highest BCUT2D eigenvalue weighted by Crippen LogP contribution is 2.42. The molecule has 152 valence electrons. The molecule has 2 nitrogen and oxygen atoms in total. The first-order chi connectivity index (χ1) is 14.9. The number of hydrogen-bond donors (Lipinski definition) is 0. The number of benzene rings is 3. The SMILES string of the molecule is Cc1cc2ccc3oc4c(-c5cc(C(C)(C)C)c6ccccc6c5)nccc4c3c2s1. The summed E-state index contributed by atoms with van der Waals surface area (Å²) in [5, 5.41) is 6.14. The summed E-state index contributed by atoms with van der Waals surface area (Å²) in [6.07, 6.45) is 1.91. The van der Waals surface area contributed by atoms with Gasteiger partial charge >= 0.3 is 0 Å². The van der Waals surface area contributed by atoms with Crippen LogP contribution in [-0.4, -0.2) is 4.98 Å². The number of thiophene rings is 1. The minimum atomic E-state index is 0.0258. The Kier molecular flexibility index (Phi) is 3.85. The van der Waals surface area contributed by atoms with Gasteiger partial charge in [0.2, 0.25) is 0 Å². The van der Waals surface area contributed by atoms with Gasteiger partial charge in [-0.15, -0.1) is 11.3 Å². The Morgan fingerprint density at radius 1 is 0.871 bits per heavy atom. The Labute approximate surface area is 185 Å².